The second kappa shape index (κ2) is 5.80. The van der Waals surface area contributed by atoms with Crippen molar-refractivity contribution >= 4 is 17.6 Å². The zero-order chi connectivity index (χ0) is 17.6. The van der Waals surface area contributed by atoms with E-state index in [1.165, 1.54) is 5.56 Å². The van der Waals surface area contributed by atoms with Gasteiger partial charge in [0.2, 0.25) is 0 Å². The van der Waals surface area contributed by atoms with E-state index in [1.807, 2.05) is 19.1 Å². The Morgan fingerprint density at radius 3 is 2.79 bits per heavy atom. The second-order valence-corrected chi connectivity index (χ2v) is 7.56. The summed E-state index contributed by atoms with van der Waals surface area (Å²) in [7, 11) is 1.79. The average Bonchev–Trinajstić information content (AvgIpc) is 2.84. The molecule has 1 aliphatic carbocycles. The molecular weight excluding hydrogens is 304 g/mol. The van der Waals surface area contributed by atoms with Crippen LogP contribution >= 0.6 is 0 Å². The molecule has 2 aliphatic rings. The number of fused-ring (bicyclic) bond motifs is 1. The van der Waals surface area contributed by atoms with E-state index in [2.05, 4.69) is 6.92 Å². The van der Waals surface area contributed by atoms with Crippen LogP contribution in [-0.2, 0) is 11.3 Å². The van der Waals surface area contributed by atoms with Crippen LogP contribution < -0.4 is 5.73 Å². The van der Waals surface area contributed by atoms with E-state index < -0.39 is 11.4 Å². The van der Waals surface area contributed by atoms with Gasteiger partial charge in [0.05, 0.1) is 11.0 Å². The predicted molar refractivity (Wildman–Crippen MR) is 92.8 cm³/mol. The molecule has 3 rings (SSSR count). The Labute approximate surface area is 142 Å². The molecule has 0 aromatic heterocycles. The Hall–Kier alpha value is -2.04. The third-order valence-electron chi connectivity index (χ3n) is 6.24. The van der Waals surface area contributed by atoms with Gasteiger partial charge in [-0.15, -0.1) is 0 Å². The molecule has 3 N–H and O–H groups in total. The molecule has 1 fully saturated rings. The van der Waals surface area contributed by atoms with Crippen LogP contribution in [0.5, 0.6) is 0 Å². The molecule has 0 spiro atoms. The normalized spacial score (nSPS) is 29.6. The Bertz CT molecular complexity index is 700. The Morgan fingerprint density at radius 2 is 2.17 bits per heavy atom. The number of amides is 1. The lowest BCUT2D eigenvalue weighted by Crippen LogP contribution is -2.40. The minimum absolute atomic E-state index is 0.0115. The minimum Gasteiger partial charge on any atom is -0.481 e. The lowest BCUT2D eigenvalue weighted by molar-refractivity contribution is -0.154. The summed E-state index contributed by atoms with van der Waals surface area (Å²) in [6.45, 7) is 4.54. The number of carboxylic acids is 1. The first-order valence-electron chi connectivity index (χ1n) is 8.69. The molecule has 1 amide bonds. The molecule has 1 heterocycles. The summed E-state index contributed by atoms with van der Waals surface area (Å²) in [5, 5.41) is 9.65. The van der Waals surface area contributed by atoms with Crippen molar-refractivity contribution in [2.45, 2.75) is 52.0 Å². The van der Waals surface area contributed by atoms with Crippen LogP contribution in [0, 0.1) is 11.3 Å². The van der Waals surface area contributed by atoms with Gasteiger partial charge < -0.3 is 15.7 Å². The highest BCUT2D eigenvalue weighted by Crippen LogP contribution is 2.50. The fraction of sp³-hybridized carbons (Fsp3) is 0.579. The largest absolute Gasteiger partial charge is 0.481 e. The molecule has 130 valence electrons. The summed E-state index contributed by atoms with van der Waals surface area (Å²) in [6, 6.07) is 3.87. The maximum atomic E-state index is 12.3. The monoisotopic (exact) mass is 330 g/mol. The van der Waals surface area contributed by atoms with Crippen LogP contribution in [0.1, 0.15) is 66.9 Å². The molecule has 0 bridgehead atoms. The number of hydrogen-bond donors (Lipinski definition) is 2. The van der Waals surface area contributed by atoms with Gasteiger partial charge in [0.15, 0.2) is 0 Å². The summed E-state index contributed by atoms with van der Waals surface area (Å²) >= 11 is 0. The number of rotatable bonds is 3. The maximum Gasteiger partial charge on any atom is 0.309 e. The number of aliphatic carboxylic acids is 1. The van der Waals surface area contributed by atoms with Crippen molar-refractivity contribution in [2.75, 3.05) is 12.8 Å². The highest BCUT2D eigenvalue weighted by molar-refractivity contribution is 6.03. The quantitative estimate of drug-likeness (QED) is 0.833. The van der Waals surface area contributed by atoms with Crippen molar-refractivity contribution in [3.63, 3.8) is 0 Å². The SMILES string of the molecule is CC[C@H]1C[C@@H](c2ccc(N)c3c2CN(C)C3=O)CCC1(C)C(=O)O. The van der Waals surface area contributed by atoms with E-state index in [0.29, 0.717) is 30.1 Å². The first-order valence-corrected chi connectivity index (χ1v) is 8.69. The average molecular weight is 330 g/mol. The molecule has 24 heavy (non-hydrogen) atoms. The highest BCUT2D eigenvalue weighted by atomic mass is 16.4. The number of hydrogen-bond acceptors (Lipinski definition) is 3. The van der Waals surface area contributed by atoms with Gasteiger partial charge in [-0.1, -0.05) is 19.4 Å². The van der Waals surface area contributed by atoms with E-state index in [4.69, 9.17) is 5.73 Å². The van der Waals surface area contributed by atoms with Gasteiger partial charge >= 0.3 is 5.97 Å². The van der Waals surface area contributed by atoms with Gasteiger partial charge in [-0.2, -0.15) is 0 Å². The number of nitrogens with two attached hydrogens (primary N) is 1. The lowest BCUT2D eigenvalue weighted by Gasteiger charge is -2.41. The standard InChI is InChI=1S/C19H26N2O3/c1-4-12-9-11(7-8-19(12,2)18(23)24)13-5-6-15(20)16-14(13)10-21(3)17(16)22/h5-6,11-12H,4,7-10,20H2,1-3H3,(H,23,24)/t11-,12-,19?/m0/s1. The number of carboxylic acid groups (broad SMARTS) is 1. The number of benzene rings is 1. The van der Waals surface area contributed by atoms with E-state index in [-0.39, 0.29) is 11.8 Å². The molecule has 1 aliphatic heterocycles. The van der Waals surface area contributed by atoms with E-state index in [0.717, 1.165) is 24.8 Å². The first-order chi connectivity index (χ1) is 11.3. The Balaban J connectivity index is 1.95. The van der Waals surface area contributed by atoms with Crippen LogP contribution in [0.2, 0.25) is 0 Å². The van der Waals surface area contributed by atoms with Crippen molar-refractivity contribution in [3.8, 4) is 0 Å². The van der Waals surface area contributed by atoms with Gasteiger partial charge in [-0.05, 0) is 55.2 Å². The van der Waals surface area contributed by atoms with E-state index in [9.17, 15) is 14.7 Å². The van der Waals surface area contributed by atoms with Crippen LogP contribution in [0.3, 0.4) is 0 Å². The van der Waals surface area contributed by atoms with Crippen molar-refractivity contribution in [3.05, 3.63) is 28.8 Å². The van der Waals surface area contributed by atoms with Crippen LogP contribution in [0.4, 0.5) is 5.69 Å². The van der Waals surface area contributed by atoms with Gasteiger partial charge in [0, 0.05) is 19.3 Å². The summed E-state index contributed by atoms with van der Waals surface area (Å²) in [4.78, 5) is 25.8. The molecule has 1 unspecified atom stereocenters. The highest BCUT2D eigenvalue weighted by Gasteiger charge is 2.45. The summed E-state index contributed by atoms with van der Waals surface area (Å²) in [6.07, 6.45) is 3.23. The molecule has 0 radical (unpaired) electrons. The fourth-order valence-corrected chi connectivity index (χ4v) is 4.57. The smallest absolute Gasteiger partial charge is 0.309 e. The van der Waals surface area contributed by atoms with Crippen LogP contribution in [0.25, 0.3) is 0 Å². The topological polar surface area (TPSA) is 83.6 Å². The number of nitrogens with zero attached hydrogens (tertiary/aromatic N) is 1. The molecule has 1 saturated carbocycles. The zero-order valence-corrected chi connectivity index (χ0v) is 14.6. The van der Waals surface area contributed by atoms with Gasteiger partial charge in [0.25, 0.3) is 5.91 Å². The van der Waals surface area contributed by atoms with Crippen molar-refractivity contribution in [1.29, 1.82) is 0 Å². The zero-order valence-electron chi connectivity index (χ0n) is 14.6. The van der Waals surface area contributed by atoms with Crippen molar-refractivity contribution in [2.24, 2.45) is 11.3 Å². The maximum absolute atomic E-state index is 12.3. The fourth-order valence-electron chi connectivity index (χ4n) is 4.57. The molecule has 5 heteroatoms. The number of anilines is 1. The molecule has 1 aromatic rings. The molecule has 5 nitrogen and oxygen atoms in total. The summed E-state index contributed by atoms with van der Waals surface area (Å²) in [5.74, 6) is -0.249. The molecule has 0 saturated heterocycles. The van der Waals surface area contributed by atoms with E-state index in [1.54, 1.807) is 11.9 Å². The Kier molecular flexibility index (Phi) is 4.06. The second-order valence-electron chi connectivity index (χ2n) is 7.56. The van der Waals surface area contributed by atoms with Crippen molar-refractivity contribution in [1.82, 2.24) is 4.90 Å². The Morgan fingerprint density at radius 1 is 1.46 bits per heavy atom. The van der Waals surface area contributed by atoms with Crippen LogP contribution in [-0.4, -0.2) is 28.9 Å². The van der Waals surface area contributed by atoms with Gasteiger partial charge in [0.1, 0.15) is 0 Å². The van der Waals surface area contributed by atoms with E-state index >= 15 is 0 Å². The third kappa shape index (κ3) is 2.38. The first kappa shape index (κ1) is 16.8. The van der Waals surface area contributed by atoms with Gasteiger partial charge in [-0.25, -0.2) is 0 Å². The third-order valence-corrected chi connectivity index (χ3v) is 6.24. The number of nitrogen functional groups attached to an aromatic ring is 1. The van der Waals surface area contributed by atoms with Crippen LogP contribution in [0.15, 0.2) is 12.1 Å². The summed E-state index contributed by atoms with van der Waals surface area (Å²) < 4.78 is 0. The number of carbonyl (C=O) groups is 2. The van der Waals surface area contributed by atoms with Gasteiger partial charge in [-0.3, -0.25) is 9.59 Å². The minimum atomic E-state index is -0.690. The molecule has 3 atom stereocenters. The van der Waals surface area contributed by atoms with Crippen molar-refractivity contribution < 1.29 is 14.7 Å². The summed E-state index contributed by atoms with van der Waals surface area (Å²) in [5.41, 5.74) is 8.81. The molecular formula is C19H26N2O3. The molecule has 1 aromatic carbocycles. The lowest BCUT2D eigenvalue weighted by atomic mass is 9.62. The number of carbonyl (C=O) groups excluding carboxylic acids is 1. The predicted octanol–water partition coefficient (Wildman–Crippen LogP) is 3.24.